The van der Waals surface area contributed by atoms with Gasteiger partial charge in [0.1, 0.15) is 5.75 Å². The maximum absolute atomic E-state index is 12.9. The minimum atomic E-state index is -3.73. The second-order valence-corrected chi connectivity index (χ2v) is 9.25. The molecule has 1 aliphatic carbocycles. The maximum Gasteiger partial charge on any atom is 0.261 e. The normalized spacial score (nSPS) is 14.9. The Morgan fingerprint density at radius 2 is 1.82 bits per heavy atom. The van der Waals surface area contributed by atoms with E-state index in [2.05, 4.69) is 9.71 Å². The lowest BCUT2D eigenvalue weighted by Crippen LogP contribution is -2.13. The van der Waals surface area contributed by atoms with Crippen LogP contribution in [-0.2, 0) is 22.9 Å². The Balaban J connectivity index is 1.69. The van der Waals surface area contributed by atoms with Crippen LogP contribution in [0.3, 0.4) is 0 Å². The van der Waals surface area contributed by atoms with Crippen LogP contribution in [0.15, 0.2) is 41.3 Å². The van der Waals surface area contributed by atoms with Gasteiger partial charge in [0.2, 0.25) is 0 Å². The van der Waals surface area contributed by atoms with Crippen molar-refractivity contribution in [2.45, 2.75) is 43.4 Å². The second kappa shape index (κ2) is 7.68. The fraction of sp³-hybridized carbons (Fsp3) is 0.333. The SMILES string of the molecule is COc1ccc(NS(=O)(=O)c2ccc3[nH]c4c(c3c2)CCCCCC4)cc1Cl. The average Bonchev–Trinajstić information content (AvgIpc) is 2.97. The summed E-state index contributed by atoms with van der Waals surface area (Å²) in [6.07, 6.45) is 6.80. The maximum atomic E-state index is 12.9. The van der Waals surface area contributed by atoms with Crippen LogP contribution in [0, 0.1) is 0 Å². The van der Waals surface area contributed by atoms with Crippen LogP contribution in [-0.4, -0.2) is 20.5 Å². The second-order valence-electron chi connectivity index (χ2n) is 7.16. The molecule has 3 aromatic rings. The molecular weight excluding hydrogens is 396 g/mol. The van der Waals surface area contributed by atoms with Gasteiger partial charge in [-0.1, -0.05) is 24.4 Å². The van der Waals surface area contributed by atoms with Gasteiger partial charge >= 0.3 is 0 Å². The molecule has 148 valence electrons. The zero-order valence-electron chi connectivity index (χ0n) is 15.7. The molecule has 0 radical (unpaired) electrons. The van der Waals surface area contributed by atoms with E-state index in [1.165, 1.54) is 37.6 Å². The topological polar surface area (TPSA) is 71.2 Å². The van der Waals surface area contributed by atoms with Gasteiger partial charge in [0.15, 0.2) is 0 Å². The van der Waals surface area contributed by atoms with Gasteiger partial charge in [0.25, 0.3) is 10.0 Å². The monoisotopic (exact) mass is 418 g/mol. The number of aryl methyl sites for hydroxylation is 2. The molecule has 28 heavy (non-hydrogen) atoms. The van der Waals surface area contributed by atoms with Gasteiger partial charge in [-0.25, -0.2) is 8.42 Å². The van der Waals surface area contributed by atoms with E-state index >= 15 is 0 Å². The molecule has 0 unspecified atom stereocenters. The smallest absolute Gasteiger partial charge is 0.261 e. The van der Waals surface area contributed by atoms with E-state index < -0.39 is 10.0 Å². The van der Waals surface area contributed by atoms with Crippen molar-refractivity contribution in [2.75, 3.05) is 11.8 Å². The van der Waals surface area contributed by atoms with Gasteiger partial charge in [0.05, 0.1) is 22.7 Å². The number of hydrogen-bond donors (Lipinski definition) is 2. The van der Waals surface area contributed by atoms with Crippen LogP contribution in [0.5, 0.6) is 5.75 Å². The first-order valence-corrected chi connectivity index (χ1v) is 11.3. The highest BCUT2D eigenvalue weighted by Crippen LogP contribution is 2.31. The minimum Gasteiger partial charge on any atom is -0.495 e. The van der Waals surface area contributed by atoms with Gasteiger partial charge in [-0.3, -0.25) is 4.72 Å². The summed E-state index contributed by atoms with van der Waals surface area (Å²) in [5, 5.41) is 1.36. The zero-order valence-corrected chi connectivity index (χ0v) is 17.3. The van der Waals surface area contributed by atoms with Crippen molar-refractivity contribution in [1.82, 2.24) is 4.98 Å². The van der Waals surface area contributed by atoms with Gasteiger partial charge < -0.3 is 9.72 Å². The number of anilines is 1. The van der Waals surface area contributed by atoms with E-state index in [-0.39, 0.29) is 4.90 Å². The van der Waals surface area contributed by atoms with E-state index in [1.807, 2.05) is 6.07 Å². The highest BCUT2D eigenvalue weighted by atomic mass is 35.5. The molecule has 5 nitrogen and oxygen atoms in total. The highest BCUT2D eigenvalue weighted by Gasteiger charge is 2.19. The third kappa shape index (κ3) is 3.71. The fourth-order valence-corrected chi connectivity index (χ4v) is 5.18. The number of halogens is 1. The standard InChI is InChI=1S/C21H23ClN2O3S/c1-27-21-11-8-14(12-18(21)22)24-28(25,26)15-9-10-20-17(13-15)16-6-4-2-3-5-7-19(16)23-20/h8-13,23-24H,2-7H2,1H3. The third-order valence-electron chi connectivity index (χ3n) is 5.28. The van der Waals surface area contributed by atoms with Crippen LogP contribution in [0.4, 0.5) is 5.69 Å². The molecule has 0 saturated heterocycles. The van der Waals surface area contributed by atoms with E-state index in [1.54, 1.807) is 30.3 Å². The number of hydrogen-bond acceptors (Lipinski definition) is 3. The number of aromatic nitrogens is 1. The van der Waals surface area contributed by atoms with Crippen LogP contribution in [0.25, 0.3) is 10.9 Å². The summed E-state index contributed by atoms with van der Waals surface area (Å²) in [6, 6.07) is 10.1. The molecular formula is C21H23ClN2O3S. The first-order chi connectivity index (χ1) is 13.5. The summed E-state index contributed by atoms with van der Waals surface area (Å²) >= 11 is 6.11. The lowest BCUT2D eigenvalue weighted by Gasteiger charge is -2.11. The van der Waals surface area contributed by atoms with Crippen LogP contribution in [0.1, 0.15) is 36.9 Å². The van der Waals surface area contributed by atoms with Crippen molar-refractivity contribution in [3.63, 3.8) is 0 Å². The number of ether oxygens (including phenoxy) is 1. The van der Waals surface area contributed by atoms with Crippen molar-refractivity contribution >= 4 is 38.2 Å². The molecule has 0 atom stereocenters. The fourth-order valence-electron chi connectivity index (χ4n) is 3.85. The molecule has 1 heterocycles. The van der Waals surface area contributed by atoms with E-state index in [0.29, 0.717) is 16.5 Å². The van der Waals surface area contributed by atoms with Gasteiger partial charge in [-0.15, -0.1) is 0 Å². The molecule has 1 aromatic heterocycles. The lowest BCUT2D eigenvalue weighted by molar-refractivity contribution is 0.415. The van der Waals surface area contributed by atoms with Crippen LogP contribution < -0.4 is 9.46 Å². The number of nitrogens with one attached hydrogen (secondary N) is 2. The summed E-state index contributed by atoms with van der Waals surface area (Å²) < 4.78 is 33.6. The minimum absolute atomic E-state index is 0.246. The predicted molar refractivity (Wildman–Crippen MR) is 113 cm³/mol. The number of sulfonamides is 1. The first-order valence-electron chi connectivity index (χ1n) is 9.48. The van der Waals surface area contributed by atoms with Crippen molar-refractivity contribution in [1.29, 1.82) is 0 Å². The molecule has 0 spiro atoms. The Morgan fingerprint density at radius 3 is 2.57 bits per heavy atom. The number of H-pyrrole nitrogens is 1. The van der Waals surface area contributed by atoms with Crippen molar-refractivity contribution in [3.05, 3.63) is 52.7 Å². The Kier molecular flexibility index (Phi) is 5.25. The summed E-state index contributed by atoms with van der Waals surface area (Å²) in [7, 11) is -2.21. The number of aromatic amines is 1. The van der Waals surface area contributed by atoms with Gasteiger partial charge in [-0.05, 0) is 67.6 Å². The number of methoxy groups -OCH3 is 1. The summed E-state index contributed by atoms with van der Waals surface area (Å²) in [4.78, 5) is 3.73. The molecule has 4 rings (SSSR count). The summed E-state index contributed by atoms with van der Waals surface area (Å²) in [5.74, 6) is 0.497. The molecule has 0 amide bonds. The molecule has 0 fully saturated rings. The molecule has 0 aliphatic heterocycles. The largest absolute Gasteiger partial charge is 0.495 e. The van der Waals surface area contributed by atoms with E-state index in [9.17, 15) is 8.42 Å². The molecule has 2 aromatic carbocycles. The van der Waals surface area contributed by atoms with Gasteiger partial charge in [0, 0.05) is 16.6 Å². The van der Waals surface area contributed by atoms with Crippen molar-refractivity contribution in [3.8, 4) is 5.75 Å². The van der Waals surface area contributed by atoms with E-state index in [0.717, 1.165) is 30.2 Å². The molecule has 0 saturated carbocycles. The highest BCUT2D eigenvalue weighted by molar-refractivity contribution is 7.92. The molecule has 0 bridgehead atoms. The predicted octanol–water partition coefficient (Wildman–Crippen LogP) is 5.29. The van der Waals surface area contributed by atoms with E-state index in [4.69, 9.17) is 16.3 Å². The van der Waals surface area contributed by atoms with Gasteiger partial charge in [-0.2, -0.15) is 0 Å². The Morgan fingerprint density at radius 1 is 1.04 bits per heavy atom. The Hall–Kier alpha value is -2.18. The number of benzene rings is 2. The van der Waals surface area contributed by atoms with Crippen molar-refractivity contribution < 1.29 is 13.2 Å². The summed E-state index contributed by atoms with van der Waals surface area (Å²) in [6.45, 7) is 0. The zero-order chi connectivity index (χ0) is 19.7. The van der Waals surface area contributed by atoms with Crippen LogP contribution in [0.2, 0.25) is 5.02 Å². The lowest BCUT2D eigenvalue weighted by atomic mass is 9.97. The Bertz CT molecular complexity index is 1120. The molecule has 2 N–H and O–H groups in total. The number of fused-ring (bicyclic) bond motifs is 3. The number of rotatable bonds is 4. The molecule has 7 heteroatoms. The molecule has 1 aliphatic rings. The third-order valence-corrected chi connectivity index (χ3v) is 6.96. The summed E-state index contributed by atoms with van der Waals surface area (Å²) in [5.41, 5.74) is 3.91. The van der Waals surface area contributed by atoms with Crippen molar-refractivity contribution in [2.24, 2.45) is 0 Å². The average molecular weight is 419 g/mol. The Labute approximate surface area is 170 Å². The quantitative estimate of drug-likeness (QED) is 0.604. The van der Waals surface area contributed by atoms with Crippen LogP contribution >= 0.6 is 11.6 Å². The first kappa shape index (κ1) is 19.2.